The van der Waals surface area contributed by atoms with Crippen molar-refractivity contribution in [1.82, 2.24) is 59.6 Å². The van der Waals surface area contributed by atoms with E-state index in [0.717, 1.165) is 16.8 Å². The number of likely N-dealkylation sites (tertiary alicyclic amines) is 3. The lowest BCUT2D eigenvalue weighted by Gasteiger charge is -2.41. The Labute approximate surface area is 478 Å². The maximum atomic E-state index is 13.2. The average Bonchev–Trinajstić information content (AvgIpc) is 1.45. The number of aryl methyl sites for hydroxylation is 3. The van der Waals surface area contributed by atoms with E-state index in [0.29, 0.717) is 5.69 Å². The number of hydrogen-bond donors (Lipinski definition) is 3. The molecule has 0 aliphatic carbocycles. The van der Waals surface area contributed by atoms with E-state index in [2.05, 4.69) is 59.4 Å². The summed E-state index contributed by atoms with van der Waals surface area (Å²) in [6.07, 6.45) is -13.0. The Balaban J connectivity index is 0.000000236. The summed E-state index contributed by atoms with van der Waals surface area (Å²) in [5.74, 6) is -16.5. The Bertz CT molecular complexity index is 4950. The van der Waals surface area contributed by atoms with E-state index in [1.807, 2.05) is 0 Å². The first-order valence-corrected chi connectivity index (χ1v) is 20.4. The summed E-state index contributed by atoms with van der Waals surface area (Å²) < 4.78 is 339. The average molecular weight is 1020 g/mol. The lowest BCUT2D eigenvalue weighted by Crippen LogP contribution is -2.53. The normalized spacial score (nSPS) is 38.7. The van der Waals surface area contributed by atoms with Crippen molar-refractivity contribution in [3.8, 4) is 0 Å². The largest absolute Gasteiger partial charge is 0.354 e. The number of hydrogen-bond acceptors (Lipinski definition) is 12. The molecule has 6 atom stereocenters. The van der Waals surface area contributed by atoms with Gasteiger partial charge in [0, 0.05) is 107 Å². The van der Waals surface area contributed by atoms with E-state index in [4.69, 9.17) is 74.5 Å². The van der Waals surface area contributed by atoms with Crippen molar-refractivity contribution >= 4 is 68.3 Å². The van der Waals surface area contributed by atoms with Gasteiger partial charge in [-0.2, -0.15) is 0 Å². The third-order valence-electron chi connectivity index (χ3n) is 9.99. The van der Waals surface area contributed by atoms with Crippen LogP contribution in [0, 0.1) is 58.2 Å². The number of carbonyl (C=O) groups is 3. The molecule has 6 aromatic rings. The van der Waals surface area contributed by atoms with E-state index in [1.54, 1.807) is 6.92 Å². The Morgan fingerprint density at radius 1 is 0.653 bits per heavy atom. The van der Waals surface area contributed by atoms with Crippen molar-refractivity contribution in [1.29, 1.82) is 0 Å². The monoisotopic (exact) mass is 1020 g/mol. The minimum Gasteiger partial charge on any atom is -0.354 e. The number of H-pyrrole nitrogens is 3. The molecule has 3 aliphatic heterocycles. The molecule has 72 heavy (non-hydrogen) atoms. The molecule has 0 spiro atoms. The van der Waals surface area contributed by atoms with Gasteiger partial charge in [-0.1, -0.05) is 20.6 Å². The van der Waals surface area contributed by atoms with Crippen molar-refractivity contribution in [2.45, 2.75) is 78.6 Å². The lowest BCUT2D eigenvalue weighted by molar-refractivity contribution is -0.131. The number of nitrogens with zero attached hydrogens (tertiary/aromatic N) is 15. The number of carbonyl (C=O) groups excluding carboxylic acids is 3. The number of piperidine rings is 3. The summed E-state index contributed by atoms with van der Waals surface area (Å²) in [5, 5.41) is -0.597. The minimum atomic E-state index is -4.52. The topological polar surface area (TPSA) is 208 Å². The molecule has 3 saturated heterocycles. The van der Waals surface area contributed by atoms with Crippen molar-refractivity contribution in [3.63, 3.8) is 0 Å². The maximum Gasteiger partial charge on any atom is 0.302 e. The van der Waals surface area contributed by atoms with E-state index < -0.39 is 208 Å². The molecule has 0 bridgehead atoms. The molecule has 6 aromatic heterocycles. The van der Waals surface area contributed by atoms with E-state index in [9.17, 15) is 15.8 Å². The number of rotatable bonds is 9. The SMILES string of the molecule is [2H]c1nc(N(C([2H])([2H])[2H])[C@@]2([2H])C([2H])([2H])N(C(=O)C([2H])([2H])[N+]#[C-])C([2H])([2H])C([2H])([2H])[C@@]2([2H])C([2H])([2H])[2H])c2c([2H])c(C)[nH]c2n1.[2H]c1nc(N(C)[C@@H]2[C@H](C([2H])([2H])[2H])C([2H])([2H])C([2H])([2H])N(C(=O)C([2H])([2H])[N+]#[C-])C2([2H])[2H])c2c([2H])c(C)[nH]c2n1.[2H]c1nc(N(C)[C@@H]2[C@H](C)C([2H])([2H])C([2H])([2H])N(C(=O)C([2H])([2H])[N+]#[C-])C2([2H])[2H])c2c([2H])c(C)[nH]c2n1. The standard InChI is InChI=1S/3C17H22N6O/c3*1-11-5-6-23(15(24)8-18-3)9-14(11)22(4)17-13-7-12(2)21-16(13)19-10-20-17/h3*7,10-11,14H,5-6,8-9H2,1-2,4H3,(H,19,20,21)/t3*11-,14+/m111/s1/i1D3,4D3,5D2,6D2,7D,8D2,9D2,10D,11D,14D;1D3,5D2,6D2,7D,8D2,9D2,10D;5D2,6D2,7D,8D2,9D2,10D. The molecule has 0 radical (unpaired) electrons. The zero-order chi connectivity index (χ0) is 87.9. The van der Waals surface area contributed by atoms with Gasteiger partial charge in [0.15, 0.2) is 0 Å². The first-order chi connectivity index (χ1) is 50.4. The summed E-state index contributed by atoms with van der Waals surface area (Å²) in [5.41, 5.74) is 0.298. The van der Waals surface area contributed by atoms with Crippen LogP contribution in [0.3, 0.4) is 0 Å². The molecule has 21 heteroatoms. The van der Waals surface area contributed by atoms with Crippen molar-refractivity contribution in [2.75, 3.05) is 94.2 Å². The van der Waals surface area contributed by atoms with Gasteiger partial charge in [-0.15, -0.1) is 0 Å². The molecule has 3 N–H and O–H groups in total. The molecule has 3 fully saturated rings. The van der Waals surface area contributed by atoms with Gasteiger partial charge in [0.2, 0.25) is 0 Å². The molecule has 3 aliphatic rings. The number of anilines is 3. The molecule has 21 nitrogen and oxygen atoms in total. The van der Waals surface area contributed by atoms with Crippen LogP contribution in [-0.2, 0) is 14.4 Å². The van der Waals surface area contributed by atoms with Crippen LogP contribution < -0.4 is 14.7 Å². The summed E-state index contributed by atoms with van der Waals surface area (Å²) >= 11 is 0. The summed E-state index contributed by atoms with van der Waals surface area (Å²) in [7, 11) is 2.37. The number of fused-ring (bicyclic) bond motifs is 3. The fourth-order valence-electron chi connectivity index (χ4n) is 6.71. The smallest absolute Gasteiger partial charge is 0.302 e. The molecule has 0 saturated carbocycles. The van der Waals surface area contributed by atoms with Gasteiger partial charge in [-0.05, 0) is 75.7 Å². The quantitative estimate of drug-likeness (QED) is 0.152. The Hall–Kier alpha value is -7.86. The van der Waals surface area contributed by atoms with Crippen LogP contribution in [0.5, 0.6) is 0 Å². The van der Waals surface area contributed by atoms with Crippen LogP contribution in [0.25, 0.3) is 47.6 Å². The molecule has 9 rings (SSSR count). The van der Waals surface area contributed by atoms with Crippen molar-refractivity contribution < 1.29 is 70.6 Å². The third kappa shape index (κ3) is 11.5. The molecule has 3 amide bonds. The number of aromatic amines is 3. The van der Waals surface area contributed by atoms with E-state index >= 15 is 0 Å². The second-order valence-corrected chi connectivity index (χ2v) is 14.9. The molecule has 9 heterocycles. The second kappa shape index (κ2) is 22.9. The predicted octanol–water partition coefficient (Wildman–Crippen LogP) is 5.58. The maximum absolute atomic E-state index is 13.2. The molecule has 0 aromatic carbocycles. The summed E-state index contributed by atoms with van der Waals surface area (Å²) in [4.78, 5) is 77.4. The molecule has 0 unspecified atom stereocenters. The summed E-state index contributed by atoms with van der Waals surface area (Å²) in [6, 6.07) is -9.27. The first-order valence-electron chi connectivity index (χ1n) is 40.9. The fraction of sp³-hybridized carbons (Fsp3) is 0.529. The highest BCUT2D eigenvalue weighted by molar-refractivity contribution is 5.90. The van der Waals surface area contributed by atoms with Crippen molar-refractivity contribution in [2.24, 2.45) is 17.7 Å². The van der Waals surface area contributed by atoms with Gasteiger partial charge < -0.3 is 58.9 Å². The van der Waals surface area contributed by atoms with Gasteiger partial charge in [-0.25, -0.2) is 49.6 Å². The highest BCUT2D eigenvalue weighted by Gasteiger charge is 2.36. The third-order valence-corrected chi connectivity index (χ3v) is 9.99. The fourth-order valence-corrected chi connectivity index (χ4v) is 6.71. The first kappa shape index (κ1) is 20.7. The number of amides is 3. The van der Waals surface area contributed by atoms with Crippen LogP contribution in [0.15, 0.2) is 37.0 Å². The highest BCUT2D eigenvalue weighted by atomic mass is 16.2. The second-order valence-electron chi connectivity index (χ2n) is 14.9. The van der Waals surface area contributed by atoms with Gasteiger partial charge in [0.1, 0.15) is 65.6 Å². The number of nitrogens with one attached hydrogen (secondary N) is 3. The van der Waals surface area contributed by atoms with Crippen LogP contribution >= 0.6 is 0 Å². The molecular formula is C51H66N18O3. The Morgan fingerprint density at radius 2 is 1.04 bits per heavy atom. The van der Waals surface area contributed by atoms with Gasteiger partial charge in [0.25, 0.3) is 19.5 Å². The van der Waals surface area contributed by atoms with Gasteiger partial charge in [-0.3, -0.25) is 14.4 Å². The zero-order valence-corrected chi connectivity index (χ0v) is 38.2. The van der Waals surface area contributed by atoms with Crippen molar-refractivity contribution in [3.05, 3.63) is 88.4 Å². The highest BCUT2D eigenvalue weighted by Crippen LogP contribution is 2.32. The summed E-state index contributed by atoms with van der Waals surface area (Å²) in [6.45, 7) is -18.2. The number of likely N-dealkylation sites (N-methyl/N-ethyl adjacent to an activating group) is 3. The van der Waals surface area contributed by atoms with Crippen LogP contribution in [-0.4, -0.2) is 175 Å². The predicted molar refractivity (Wildman–Crippen MR) is 278 cm³/mol. The molecular weight excluding hydrogens is 913 g/mol. The Kier molecular flexibility index (Phi) is 6.59. The Morgan fingerprint density at radius 3 is 1.44 bits per heavy atom. The van der Waals surface area contributed by atoms with Crippen LogP contribution in [0.1, 0.15) is 113 Å². The van der Waals surface area contributed by atoms with E-state index in [1.165, 1.54) is 27.8 Å². The van der Waals surface area contributed by atoms with E-state index in [-0.39, 0.29) is 62.1 Å². The van der Waals surface area contributed by atoms with Gasteiger partial charge in [0.05, 0.1) is 48.0 Å². The molecule has 378 valence electrons. The van der Waals surface area contributed by atoms with Crippen LogP contribution in [0.2, 0.25) is 0 Å². The zero-order valence-electron chi connectivity index (χ0n) is 79.2. The van der Waals surface area contributed by atoms with Crippen LogP contribution in [0.4, 0.5) is 17.5 Å². The minimum absolute atomic E-state index is 0.0241. The van der Waals surface area contributed by atoms with Gasteiger partial charge >= 0.3 is 17.7 Å². The number of aromatic nitrogens is 9. The lowest BCUT2D eigenvalue weighted by atomic mass is 9.92.